The van der Waals surface area contributed by atoms with E-state index in [1.165, 1.54) is 19.2 Å². The number of pyridine rings is 1. The van der Waals surface area contributed by atoms with Gasteiger partial charge in [-0.25, -0.2) is 23.4 Å². The molecule has 2 N–H and O–H groups in total. The van der Waals surface area contributed by atoms with Crippen molar-refractivity contribution in [2.75, 3.05) is 12.8 Å². The van der Waals surface area contributed by atoms with Gasteiger partial charge in [-0.2, -0.15) is 18.2 Å². The number of anilines is 1. The number of carbonyl (C=O) groups excluding carboxylic acids is 1. The number of nitrogens with two attached hydrogens (primary N) is 1. The molecule has 0 fully saturated rings. The van der Waals surface area contributed by atoms with Crippen molar-refractivity contribution in [3.8, 4) is 28.9 Å². The van der Waals surface area contributed by atoms with Crippen molar-refractivity contribution in [2.45, 2.75) is 13.1 Å². The van der Waals surface area contributed by atoms with Gasteiger partial charge in [0.15, 0.2) is 11.5 Å². The molecule has 11 nitrogen and oxygen atoms in total. The normalized spacial score (nSPS) is 11.2. The Labute approximate surface area is 192 Å². The van der Waals surface area contributed by atoms with Gasteiger partial charge in [0.1, 0.15) is 11.5 Å². The molecule has 3 rings (SSSR count). The molecule has 186 valence electrons. The lowest BCUT2D eigenvalue weighted by Crippen LogP contribution is -2.41. The summed E-state index contributed by atoms with van der Waals surface area (Å²) in [4.78, 5) is 49.1. The van der Waals surface area contributed by atoms with E-state index in [1.54, 1.807) is 0 Å². The van der Waals surface area contributed by atoms with Crippen LogP contribution < -0.4 is 31.3 Å². The molecule has 0 saturated heterocycles. The van der Waals surface area contributed by atoms with Gasteiger partial charge in [-0.1, -0.05) is 0 Å². The first-order valence-corrected chi connectivity index (χ1v) is 9.41. The summed E-state index contributed by atoms with van der Waals surface area (Å²) in [6, 6.07) is 4.25. The highest BCUT2D eigenvalue weighted by Gasteiger charge is 2.35. The Morgan fingerprint density at radius 1 is 1.11 bits per heavy atom. The molecule has 0 aliphatic carbocycles. The number of nitrogens with zero attached hydrogens (tertiary/aromatic N) is 3. The monoisotopic (exact) mass is 500 g/mol. The van der Waals surface area contributed by atoms with Gasteiger partial charge in [-0.3, -0.25) is 14.2 Å². The largest absolute Gasteiger partial charge is 0.481 e. The Bertz CT molecular complexity index is 1420. The van der Waals surface area contributed by atoms with E-state index in [4.69, 9.17) is 20.1 Å². The van der Waals surface area contributed by atoms with Crippen molar-refractivity contribution < 1.29 is 41.6 Å². The number of carbonyl (C=O) groups is 1. The van der Waals surface area contributed by atoms with Crippen LogP contribution in [0, 0.1) is 5.82 Å². The predicted octanol–water partition coefficient (Wildman–Crippen LogP) is 2.33. The standard InChI is InChI=1S/C20H16F4N4O7/c1-9(29)34-35-18-13(4-5-16(26-18)32-3)33-14-7-12(10(21)6-11(14)25)28-17(30)8-15(20(22,23)24)27(2)19(28)31/h4-8H,25H2,1-3H3. The Morgan fingerprint density at radius 2 is 1.80 bits per heavy atom. The second-order valence-corrected chi connectivity index (χ2v) is 6.80. The number of methoxy groups -OCH3 is 1. The van der Waals surface area contributed by atoms with Crippen LogP contribution in [0.25, 0.3) is 5.69 Å². The van der Waals surface area contributed by atoms with Crippen LogP contribution in [0.5, 0.6) is 23.3 Å². The van der Waals surface area contributed by atoms with E-state index in [-0.39, 0.29) is 38.3 Å². The molecule has 0 aliphatic rings. The van der Waals surface area contributed by atoms with E-state index in [0.29, 0.717) is 6.07 Å². The average molecular weight is 500 g/mol. The maximum absolute atomic E-state index is 14.7. The van der Waals surface area contributed by atoms with Gasteiger partial charge in [0.2, 0.25) is 5.88 Å². The van der Waals surface area contributed by atoms with Crippen LogP contribution in [0.4, 0.5) is 23.2 Å². The molecule has 1 aromatic carbocycles. The summed E-state index contributed by atoms with van der Waals surface area (Å²) in [6.07, 6.45) is -5.00. The lowest BCUT2D eigenvalue weighted by Gasteiger charge is -2.16. The number of benzene rings is 1. The number of hydrogen-bond acceptors (Lipinski definition) is 9. The number of nitrogen functional groups attached to an aromatic ring is 1. The molecular weight excluding hydrogens is 484 g/mol. The maximum atomic E-state index is 14.7. The summed E-state index contributed by atoms with van der Waals surface area (Å²) >= 11 is 0. The van der Waals surface area contributed by atoms with Crippen molar-refractivity contribution in [3.05, 3.63) is 62.7 Å². The zero-order valence-corrected chi connectivity index (χ0v) is 18.2. The van der Waals surface area contributed by atoms with E-state index in [0.717, 1.165) is 20.0 Å². The first-order chi connectivity index (χ1) is 16.3. The van der Waals surface area contributed by atoms with Gasteiger partial charge in [-0.05, 0) is 6.07 Å². The van der Waals surface area contributed by atoms with Crippen LogP contribution in [-0.2, 0) is 22.9 Å². The van der Waals surface area contributed by atoms with Crippen molar-refractivity contribution in [2.24, 2.45) is 7.05 Å². The molecule has 0 aliphatic heterocycles. The fourth-order valence-electron chi connectivity index (χ4n) is 2.82. The Hall–Kier alpha value is -4.56. The Kier molecular flexibility index (Phi) is 6.70. The quantitative estimate of drug-likeness (QED) is 0.234. The zero-order valence-electron chi connectivity index (χ0n) is 18.2. The zero-order chi connectivity index (χ0) is 26.1. The number of hydrogen-bond donors (Lipinski definition) is 1. The van der Waals surface area contributed by atoms with Crippen molar-refractivity contribution >= 4 is 11.7 Å². The van der Waals surface area contributed by atoms with Gasteiger partial charge in [0.25, 0.3) is 5.56 Å². The third kappa shape index (κ3) is 5.18. The highest BCUT2D eigenvalue weighted by atomic mass is 19.4. The number of aromatic nitrogens is 3. The lowest BCUT2D eigenvalue weighted by molar-refractivity contribution is -0.213. The number of ether oxygens (including phenoxy) is 2. The van der Waals surface area contributed by atoms with E-state index >= 15 is 0 Å². The number of rotatable bonds is 6. The molecule has 2 aromatic heterocycles. The molecule has 2 heterocycles. The summed E-state index contributed by atoms with van der Waals surface area (Å²) in [5.74, 6) is -2.96. The van der Waals surface area contributed by atoms with Crippen LogP contribution in [0.3, 0.4) is 0 Å². The van der Waals surface area contributed by atoms with Gasteiger partial charge in [-0.15, -0.1) is 0 Å². The lowest BCUT2D eigenvalue weighted by atomic mass is 10.2. The van der Waals surface area contributed by atoms with Gasteiger partial charge >= 0.3 is 23.7 Å². The Balaban J connectivity index is 2.13. The van der Waals surface area contributed by atoms with Crippen molar-refractivity contribution in [1.82, 2.24) is 14.1 Å². The summed E-state index contributed by atoms with van der Waals surface area (Å²) in [7, 11) is 2.07. The van der Waals surface area contributed by atoms with Crippen LogP contribution in [0.1, 0.15) is 12.6 Å². The number of alkyl halides is 3. The number of halogens is 4. The highest BCUT2D eigenvalue weighted by Crippen LogP contribution is 2.36. The van der Waals surface area contributed by atoms with Gasteiger partial charge < -0.3 is 15.2 Å². The molecule has 0 radical (unpaired) electrons. The fraction of sp³-hybridized carbons (Fsp3) is 0.200. The molecular formula is C20H16F4N4O7. The highest BCUT2D eigenvalue weighted by molar-refractivity contribution is 5.65. The van der Waals surface area contributed by atoms with Crippen LogP contribution in [0.15, 0.2) is 39.9 Å². The van der Waals surface area contributed by atoms with Crippen molar-refractivity contribution in [3.63, 3.8) is 0 Å². The molecule has 35 heavy (non-hydrogen) atoms. The fourth-order valence-corrected chi connectivity index (χ4v) is 2.82. The predicted molar refractivity (Wildman–Crippen MR) is 110 cm³/mol. The molecule has 0 saturated carbocycles. The van der Waals surface area contributed by atoms with Crippen LogP contribution >= 0.6 is 0 Å². The SMILES string of the molecule is COc1ccc(Oc2cc(-n3c(=O)cc(C(F)(F)F)n(C)c3=O)c(F)cc2N)c(OOC(C)=O)n1. The Morgan fingerprint density at radius 3 is 2.40 bits per heavy atom. The van der Waals surface area contributed by atoms with Gasteiger partial charge in [0.05, 0.1) is 18.5 Å². The smallest absolute Gasteiger partial charge is 0.431 e. The minimum absolute atomic E-state index is 0.0343. The molecule has 0 spiro atoms. The third-order valence-electron chi connectivity index (χ3n) is 4.40. The van der Waals surface area contributed by atoms with E-state index in [2.05, 4.69) is 9.87 Å². The first kappa shape index (κ1) is 25.1. The molecule has 0 bridgehead atoms. The summed E-state index contributed by atoms with van der Waals surface area (Å²) in [5, 5.41) is 0. The molecule has 0 unspecified atom stereocenters. The second-order valence-electron chi connectivity index (χ2n) is 6.80. The maximum Gasteiger partial charge on any atom is 0.431 e. The molecule has 3 aromatic rings. The summed E-state index contributed by atoms with van der Waals surface area (Å²) in [5.41, 5.74) is 0.282. The topological polar surface area (TPSA) is 137 Å². The minimum Gasteiger partial charge on any atom is -0.481 e. The van der Waals surface area contributed by atoms with Crippen molar-refractivity contribution in [1.29, 1.82) is 0 Å². The molecule has 15 heteroatoms. The molecule has 0 amide bonds. The first-order valence-electron chi connectivity index (χ1n) is 9.41. The van der Waals surface area contributed by atoms with E-state index in [9.17, 15) is 31.9 Å². The summed E-state index contributed by atoms with van der Waals surface area (Å²) < 4.78 is 64.8. The summed E-state index contributed by atoms with van der Waals surface area (Å²) in [6.45, 7) is 1.05. The van der Waals surface area contributed by atoms with Crippen LogP contribution in [-0.4, -0.2) is 27.2 Å². The minimum atomic E-state index is -5.00. The van der Waals surface area contributed by atoms with Gasteiger partial charge in [0, 0.05) is 38.2 Å². The molecule has 0 atom stereocenters. The van der Waals surface area contributed by atoms with Crippen LogP contribution in [0.2, 0.25) is 0 Å². The third-order valence-corrected chi connectivity index (χ3v) is 4.40. The second kappa shape index (κ2) is 9.36. The van der Waals surface area contributed by atoms with E-state index in [1.807, 2.05) is 0 Å². The average Bonchev–Trinajstić information content (AvgIpc) is 2.77. The van der Waals surface area contributed by atoms with E-state index < -0.39 is 46.5 Å².